The normalized spacial score (nSPS) is 16.0. The van der Waals surface area contributed by atoms with E-state index in [1.807, 2.05) is 4.90 Å². The second-order valence-corrected chi connectivity index (χ2v) is 5.28. The fourth-order valence-electron chi connectivity index (χ4n) is 2.54. The van der Waals surface area contributed by atoms with Crippen LogP contribution in [0.5, 0.6) is 0 Å². The van der Waals surface area contributed by atoms with Crippen LogP contribution in [0.2, 0.25) is 5.02 Å². The molecule has 0 radical (unpaired) electrons. The van der Waals surface area contributed by atoms with E-state index in [1.54, 1.807) is 19.2 Å². The topological polar surface area (TPSA) is 69.6 Å². The van der Waals surface area contributed by atoms with Crippen LogP contribution in [0.3, 0.4) is 0 Å². The lowest BCUT2D eigenvalue weighted by molar-refractivity contribution is -0.125. The summed E-state index contributed by atoms with van der Waals surface area (Å²) in [6.07, 6.45) is 1.45. The summed E-state index contributed by atoms with van der Waals surface area (Å²) >= 11 is 5.85. The van der Waals surface area contributed by atoms with Crippen LogP contribution in [-0.4, -0.2) is 37.1 Å². The van der Waals surface area contributed by atoms with Gasteiger partial charge in [0.1, 0.15) is 0 Å². The minimum atomic E-state index is -0.990. The van der Waals surface area contributed by atoms with E-state index in [-0.39, 0.29) is 17.4 Å². The highest BCUT2D eigenvalue weighted by atomic mass is 35.5. The van der Waals surface area contributed by atoms with Crippen molar-refractivity contribution in [1.82, 2.24) is 5.32 Å². The maximum absolute atomic E-state index is 11.6. The summed E-state index contributed by atoms with van der Waals surface area (Å²) in [5, 5.41) is 12.3. The number of carbonyl (C=O) groups is 2. The van der Waals surface area contributed by atoms with Gasteiger partial charge in [0.05, 0.1) is 11.3 Å². The van der Waals surface area contributed by atoms with Gasteiger partial charge in [-0.1, -0.05) is 11.6 Å². The minimum absolute atomic E-state index is 0.0110. The number of hydrogen-bond acceptors (Lipinski definition) is 3. The number of carbonyl (C=O) groups excluding carboxylic acids is 1. The monoisotopic (exact) mass is 296 g/mol. The van der Waals surface area contributed by atoms with Crippen LogP contribution in [0, 0.1) is 5.92 Å². The van der Waals surface area contributed by atoms with Crippen LogP contribution in [0.25, 0.3) is 0 Å². The molecule has 0 unspecified atom stereocenters. The van der Waals surface area contributed by atoms with Crippen molar-refractivity contribution in [3.8, 4) is 0 Å². The van der Waals surface area contributed by atoms with Gasteiger partial charge in [-0.2, -0.15) is 0 Å². The molecule has 108 valence electrons. The molecule has 1 aliphatic rings. The molecule has 1 amide bonds. The molecule has 0 saturated carbocycles. The predicted molar refractivity (Wildman–Crippen MR) is 77.4 cm³/mol. The number of amides is 1. The molecule has 0 aromatic heterocycles. The average Bonchev–Trinajstić information content (AvgIpc) is 2.46. The highest BCUT2D eigenvalue weighted by Gasteiger charge is 2.26. The second-order valence-electron chi connectivity index (χ2n) is 4.84. The van der Waals surface area contributed by atoms with Crippen molar-refractivity contribution in [2.75, 3.05) is 25.0 Å². The maximum atomic E-state index is 11.6. The fourth-order valence-corrected chi connectivity index (χ4v) is 2.71. The van der Waals surface area contributed by atoms with Crippen LogP contribution in [0.1, 0.15) is 23.2 Å². The lowest BCUT2D eigenvalue weighted by atomic mass is 9.95. The molecule has 20 heavy (non-hydrogen) atoms. The molecular weight excluding hydrogens is 280 g/mol. The summed E-state index contributed by atoms with van der Waals surface area (Å²) in [6, 6.07) is 4.88. The Morgan fingerprint density at radius 2 is 2.00 bits per heavy atom. The molecule has 2 N–H and O–H groups in total. The van der Waals surface area contributed by atoms with Gasteiger partial charge in [0.25, 0.3) is 0 Å². The minimum Gasteiger partial charge on any atom is -0.478 e. The quantitative estimate of drug-likeness (QED) is 0.895. The van der Waals surface area contributed by atoms with E-state index in [4.69, 9.17) is 11.6 Å². The zero-order chi connectivity index (χ0) is 14.7. The molecule has 1 heterocycles. The van der Waals surface area contributed by atoms with E-state index in [0.717, 1.165) is 12.8 Å². The van der Waals surface area contributed by atoms with Gasteiger partial charge in [0.2, 0.25) is 5.91 Å². The molecule has 6 heteroatoms. The van der Waals surface area contributed by atoms with Gasteiger partial charge >= 0.3 is 5.97 Å². The number of piperidine rings is 1. The zero-order valence-corrected chi connectivity index (χ0v) is 12.0. The Morgan fingerprint density at radius 3 is 2.55 bits per heavy atom. The lowest BCUT2D eigenvalue weighted by Crippen LogP contribution is -2.40. The number of halogens is 1. The number of carboxylic acid groups (broad SMARTS) is 1. The van der Waals surface area contributed by atoms with Crippen LogP contribution in [-0.2, 0) is 4.79 Å². The third-order valence-corrected chi connectivity index (χ3v) is 3.88. The SMILES string of the molecule is CNC(=O)C1CCN(c2ccc(Cl)cc2C(=O)O)CC1. The summed E-state index contributed by atoms with van der Waals surface area (Å²) in [5.74, 6) is -0.924. The van der Waals surface area contributed by atoms with Crippen molar-refractivity contribution >= 4 is 29.2 Å². The number of anilines is 1. The number of aromatic carboxylic acids is 1. The van der Waals surface area contributed by atoms with E-state index < -0.39 is 5.97 Å². The third-order valence-electron chi connectivity index (χ3n) is 3.64. The van der Waals surface area contributed by atoms with Crippen molar-refractivity contribution in [1.29, 1.82) is 0 Å². The maximum Gasteiger partial charge on any atom is 0.337 e. The summed E-state index contributed by atoms with van der Waals surface area (Å²) < 4.78 is 0. The first-order valence-electron chi connectivity index (χ1n) is 6.52. The Kier molecular flexibility index (Phi) is 4.49. The molecule has 1 aromatic carbocycles. The third kappa shape index (κ3) is 3.04. The highest BCUT2D eigenvalue weighted by Crippen LogP contribution is 2.28. The predicted octanol–water partition coefficient (Wildman–Crippen LogP) is 2.00. The smallest absolute Gasteiger partial charge is 0.337 e. The molecule has 1 saturated heterocycles. The summed E-state index contributed by atoms with van der Waals surface area (Å²) in [5.41, 5.74) is 0.869. The Bertz CT molecular complexity index is 525. The van der Waals surface area contributed by atoms with E-state index in [9.17, 15) is 14.7 Å². The van der Waals surface area contributed by atoms with Crippen molar-refractivity contribution in [3.63, 3.8) is 0 Å². The van der Waals surface area contributed by atoms with Gasteiger partial charge in [0, 0.05) is 31.1 Å². The molecule has 0 atom stereocenters. The molecule has 5 nitrogen and oxygen atoms in total. The van der Waals surface area contributed by atoms with E-state index in [0.29, 0.717) is 23.8 Å². The largest absolute Gasteiger partial charge is 0.478 e. The van der Waals surface area contributed by atoms with Gasteiger partial charge in [-0.3, -0.25) is 4.79 Å². The van der Waals surface area contributed by atoms with Gasteiger partial charge in [-0.25, -0.2) is 4.79 Å². The van der Waals surface area contributed by atoms with E-state index in [1.165, 1.54) is 6.07 Å². The number of rotatable bonds is 3. The molecule has 0 bridgehead atoms. The summed E-state index contributed by atoms with van der Waals surface area (Å²) in [6.45, 7) is 1.33. The first-order valence-corrected chi connectivity index (χ1v) is 6.90. The zero-order valence-electron chi connectivity index (χ0n) is 11.2. The molecular formula is C14H17ClN2O3. The standard InChI is InChI=1S/C14H17ClN2O3/c1-16-13(18)9-4-6-17(7-5-9)12-3-2-10(15)8-11(12)14(19)20/h2-3,8-9H,4-7H2,1H3,(H,16,18)(H,19,20). The summed E-state index contributed by atoms with van der Waals surface area (Å²) in [7, 11) is 1.64. The second kappa shape index (κ2) is 6.13. The van der Waals surface area contributed by atoms with Gasteiger partial charge in [-0.05, 0) is 31.0 Å². The lowest BCUT2D eigenvalue weighted by Gasteiger charge is -2.33. The van der Waals surface area contributed by atoms with Crippen molar-refractivity contribution in [2.24, 2.45) is 5.92 Å². The number of nitrogens with one attached hydrogen (secondary N) is 1. The van der Waals surface area contributed by atoms with Crippen molar-refractivity contribution in [3.05, 3.63) is 28.8 Å². The van der Waals surface area contributed by atoms with E-state index in [2.05, 4.69) is 5.32 Å². The Labute approximate surface area is 122 Å². The van der Waals surface area contributed by atoms with Crippen molar-refractivity contribution < 1.29 is 14.7 Å². The number of nitrogens with zero attached hydrogens (tertiary/aromatic N) is 1. The molecule has 0 aliphatic carbocycles. The Hall–Kier alpha value is -1.75. The van der Waals surface area contributed by atoms with Crippen LogP contribution < -0.4 is 10.2 Å². The molecule has 2 rings (SSSR count). The van der Waals surface area contributed by atoms with Crippen molar-refractivity contribution in [2.45, 2.75) is 12.8 Å². The fraction of sp³-hybridized carbons (Fsp3) is 0.429. The summed E-state index contributed by atoms with van der Waals surface area (Å²) in [4.78, 5) is 24.9. The van der Waals surface area contributed by atoms with Gasteiger partial charge in [0.15, 0.2) is 0 Å². The molecule has 1 fully saturated rings. The number of carboxylic acids is 1. The van der Waals surface area contributed by atoms with Crippen LogP contribution >= 0.6 is 11.6 Å². The van der Waals surface area contributed by atoms with E-state index >= 15 is 0 Å². The Balaban J connectivity index is 2.15. The molecule has 0 spiro atoms. The highest BCUT2D eigenvalue weighted by molar-refractivity contribution is 6.31. The first-order chi connectivity index (χ1) is 9.52. The average molecular weight is 297 g/mol. The van der Waals surface area contributed by atoms with Crippen LogP contribution in [0.15, 0.2) is 18.2 Å². The first kappa shape index (κ1) is 14.7. The van der Waals surface area contributed by atoms with Gasteiger partial charge < -0.3 is 15.3 Å². The van der Waals surface area contributed by atoms with Gasteiger partial charge in [-0.15, -0.1) is 0 Å². The Morgan fingerprint density at radius 1 is 1.35 bits per heavy atom. The molecule has 1 aliphatic heterocycles. The number of benzene rings is 1. The van der Waals surface area contributed by atoms with Crippen LogP contribution in [0.4, 0.5) is 5.69 Å². The number of hydrogen-bond donors (Lipinski definition) is 2. The molecule has 1 aromatic rings.